The van der Waals surface area contributed by atoms with Gasteiger partial charge in [-0.15, -0.1) is 0 Å². The maximum atomic E-state index is 13.8. The van der Waals surface area contributed by atoms with E-state index >= 15 is 0 Å². The molecule has 6 amide bonds. The van der Waals surface area contributed by atoms with Gasteiger partial charge in [0, 0.05) is 78.2 Å². The summed E-state index contributed by atoms with van der Waals surface area (Å²) in [5, 5.41) is 42.4. The van der Waals surface area contributed by atoms with Crippen LogP contribution in [0.15, 0.2) is 18.2 Å². The van der Waals surface area contributed by atoms with E-state index in [0.29, 0.717) is 103 Å². The van der Waals surface area contributed by atoms with Gasteiger partial charge in [0.05, 0.1) is 31.4 Å². The van der Waals surface area contributed by atoms with Crippen molar-refractivity contribution in [2.45, 2.75) is 102 Å². The van der Waals surface area contributed by atoms with E-state index in [1.54, 1.807) is 0 Å². The molecule has 0 spiro atoms. The van der Waals surface area contributed by atoms with Gasteiger partial charge in [-0.2, -0.15) is 0 Å². The lowest BCUT2D eigenvalue weighted by Crippen LogP contribution is -2.57. The molecule has 23 nitrogen and oxygen atoms in total. The summed E-state index contributed by atoms with van der Waals surface area (Å²) in [6, 6.07) is 2.28. The largest absolute Gasteiger partial charge is 0.481 e. The van der Waals surface area contributed by atoms with Crippen LogP contribution in [-0.2, 0) is 56.0 Å². The van der Waals surface area contributed by atoms with Crippen molar-refractivity contribution in [3.63, 3.8) is 0 Å². The van der Waals surface area contributed by atoms with Gasteiger partial charge >= 0.3 is 17.9 Å². The number of aliphatic carboxylic acids is 3. The van der Waals surface area contributed by atoms with Crippen LogP contribution in [0, 0.1) is 11.8 Å². The maximum Gasteiger partial charge on any atom is 0.317 e. The zero-order chi connectivity index (χ0) is 51.6. The molecule has 5 rings (SSSR count). The summed E-state index contributed by atoms with van der Waals surface area (Å²) in [4.78, 5) is 123. The second-order valence-corrected chi connectivity index (χ2v) is 19.3. The summed E-state index contributed by atoms with van der Waals surface area (Å²) in [5.41, 5.74) is 8.23. The summed E-state index contributed by atoms with van der Waals surface area (Å²) in [6.07, 6.45) is 3.39. The number of primary amides is 1. The number of amides is 6. The third-order valence-electron chi connectivity index (χ3n) is 14.0. The van der Waals surface area contributed by atoms with Crippen molar-refractivity contribution in [1.82, 2.24) is 46.2 Å². The van der Waals surface area contributed by atoms with Crippen molar-refractivity contribution < 1.29 is 58.5 Å². The molecule has 0 radical (unpaired) electrons. The molecule has 71 heavy (non-hydrogen) atoms. The third-order valence-corrected chi connectivity index (χ3v) is 14.0. The first kappa shape index (κ1) is 56.2. The van der Waals surface area contributed by atoms with E-state index in [1.165, 1.54) is 4.90 Å². The minimum absolute atomic E-state index is 0.00921. The normalized spacial score (nSPS) is 20.8. The first-order valence-corrected chi connectivity index (χ1v) is 25.1. The highest BCUT2D eigenvalue weighted by atomic mass is 16.4. The lowest BCUT2D eigenvalue weighted by molar-refractivity contribution is -0.140. The molecule has 10 N–H and O–H groups in total. The predicted octanol–water partition coefficient (Wildman–Crippen LogP) is -1.97. The number of piperidine rings is 1. The lowest BCUT2D eigenvalue weighted by atomic mass is 9.96. The van der Waals surface area contributed by atoms with E-state index in [-0.39, 0.29) is 75.6 Å². The number of carbonyl (C=O) groups excluding carboxylic acids is 6. The number of carboxylic acids is 3. The highest BCUT2D eigenvalue weighted by Gasteiger charge is 2.44. The van der Waals surface area contributed by atoms with Gasteiger partial charge in [0.2, 0.25) is 35.4 Å². The number of aryl methyl sites for hydroxylation is 1. The first-order valence-electron chi connectivity index (χ1n) is 25.1. The van der Waals surface area contributed by atoms with Crippen LogP contribution in [0.1, 0.15) is 76.3 Å². The Morgan fingerprint density at radius 1 is 0.718 bits per heavy atom. The Labute approximate surface area is 414 Å². The van der Waals surface area contributed by atoms with Crippen LogP contribution in [0.5, 0.6) is 0 Å². The molecule has 4 heterocycles. The van der Waals surface area contributed by atoms with Crippen molar-refractivity contribution in [1.29, 1.82) is 0 Å². The standard InChI is InChI=1S/C48H75N11O12/c1-3-31(2)43(47(70)54-36-9-8-33-6-4-7-34-26-37(45(49)68)59(44(33)34)48(36)71)51-16-5-15-50-38(60)12-17-52-46(69)35(10-11-40(62)63)53-39(61)28-55-18-13-32(14-19-55)27-56-20-22-57(29-41(64)65)24-25-58(23-21-56)30-42(66)67/h4,6-7,31-32,35-37,43,51H,3,5,8-30H2,1-2H3,(H2,49,68)(H,50,60)(H,52,69)(H,53,61)(H,54,70)(H,62,63)(H,64,65)(H,66,67)/t31-,35+,36-,37-,43-/m0/s1. The van der Waals surface area contributed by atoms with Crippen LogP contribution in [0.3, 0.4) is 0 Å². The number of nitrogens with one attached hydrogen (secondary N) is 5. The molecule has 5 atom stereocenters. The molecular weight excluding hydrogens is 923 g/mol. The zero-order valence-electron chi connectivity index (χ0n) is 41.2. The summed E-state index contributed by atoms with van der Waals surface area (Å²) >= 11 is 0. The number of nitrogens with zero attached hydrogens (tertiary/aromatic N) is 5. The molecule has 4 aliphatic heterocycles. The smallest absolute Gasteiger partial charge is 0.317 e. The fourth-order valence-corrected chi connectivity index (χ4v) is 9.86. The van der Waals surface area contributed by atoms with E-state index < -0.39 is 59.8 Å². The number of para-hydroxylation sites is 1. The molecule has 394 valence electrons. The number of anilines is 1. The molecule has 1 aromatic carbocycles. The van der Waals surface area contributed by atoms with Gasteiger partial charge in [-0.25, -0.2) is 0 Å². The van der Waals surface area contributed by atoms with Gasteiger partial charge in [-0.05, 0) is 81.1 Å². The van der Waals surface area contributed by atoms with Crippen LogP contribution >= 0.6 is 0 Å². The van der Waals surface area contributed by atoms with Gasteiger partial charge < -0.3 is 52.5 Å². The Morgan fingerprint density at radius 2 is 1.34 bits per heavy atom. The van der Waals surface area contributed by atoms with E-state index in [4.69, 9.17) is 5.73 Å². The molecule has 0 unspecified atom stereocenters. The summed E-state index contributed by atoms with van der Waals surface area (Å²) in [5.74, 6) is -5.48. The topological polar surface area (TPSA) is 317 Å². The minimum atomic E-state index is -1.13. The first-order chi connectivity index (χ1) is 33.9. The molecule has 4 aliphatic rings. The lowest BCUT2D eigenvalue weighted by Gasteiger charge is -2.35. The Bertz CT molecular complexity index is 2020. The van der Waals surface area contributed by atoms with Crippen LogP contribution in [0.2, 0.25) is 0 Å². The highest BCUT2D eigenvalue weighted by molar-refractivity contribution is 6.07. The summed E-state index contributed by atoms with van der Waals surface area (Å²) in [6.45, 7) is 9.55. The molecule has 0 aliphatic carbocycles. The van der Waals surface area contributed by atoms with Crippen LogP contribution < -0.4 is 37.2 Å². The molecule has 0 aromatic heterocycles. The van der Waals surface area contributed by atoms with Crippen molar-refractivity contribution in [2.24, 2.45) is 17.6 Å². The SMILES string of the molecule is CC[C@H](C)[C@H](NCCCNC(=O)CCNC(=O)[C@@H](CCC(=O)O)NC(=O)CN1CCC(CN2CCN(CC(=O)O)CCN(CC(=O)O)CC2)CC1)C(=O)N[C@H]1CCc2cccc3c2N(C1=O)[C@H](C(N)=O)C3. The number of nitrogens with two attached hydrogens (primary N) is 1. The van der Waals surface area contributed by atoms with Crippen molar-refractivity contribution >= 4 is 59.0 Å². The number of carbonyl (C=O) groups is 9. The Hall–Kier alpha value is -5.75. The second-order valence-electron chi connectivity index (χ2n) is 19.3. The van der Waals surface area contributed by atoms with Crippen LogP contribution in [0.25, 0.3) is 0 Å². The number of carboxylic acid groups (broad SMARTS) is 3. The Balaban J connectivity index is 1.00. The van der Waals surface area contributed by atoms with Gasteiger partial charge in [-0.3, -0.25) is 62.8 Å². The fourth-order valence-electron chi connectivity index (χ4n) is 9.86. The van der Waals surface area contributed by atoms with Gasteiger partial charge in [0.15, 0.2) is 0 Å². The quantitative estimate of drug-likeness (QED) is 0.0455. The van der Waals surface area contributed by atoms with Crippen molar-refractivity contribution in [3.05, 3.63) is 29.3 Å². The number of hydrogen-bond acceptors (Lipinski definition) is 14. The van der Waals surface area contributed by atoms with Gasteiger partial charge in [0.1, 0.15) is 18.1 Å². The van der Waals surface area contributed by atoms with Crippen molar-refractivity contribution in [3.8, 4) is 0 Å². The Morgan fingerprint density at radius 3 is 1.94 bits per heavy atom. The van der Waals surface area contributed by atoms with E-state index in [1.807, 2.05) is 46.7 Å². The van der Waals surface area contributed by atoms with E-state index in [2.05, 4.69) is 31.5 Å². The summed E-state index contributed by atoms with van der Waals surface area (Å²) < 4.78 is 0. The zero-order valence-corrected chi connectivity index (χ0v) is 41.2. The van der Waals surface area contributed by atoms with Crippen LogP contribution in [-0.4, -0.2) is 211 Å². The molecule has 23 heteroatoms. The van der Waals surface area contributed by atoms with Gasteiger partial charge in [-0.1, -0.05) is 38.5 Å². The molecule has 2 fully saturated rings. The van der Waals surface area contributed by atoms with E-state index in [0.717, 1.165) is 30.5 Å². The predicted molar refractivity (Wildman–Crippen MR) is 260 cm³/mol. The fraction of sp³-hybridized carbons (Fsp3) is 0.688. The highest BCUT2D eigenvalue weighted by Crippen LogP contribution is 2.39. The number of hydrogen-bond donors (Lipinski definition) is 9. The molecule has 1 aromatic rings. The molecule has 2 saturated heterocycles. The van der Waals surface area contributed by atoms with E-state index in [9.17, 15) is 58.5 Å². The molecule has 0 saturated carbocycles. The monoisotopic (exact) mass is 998 g/mol. The van der Waals surface area contributed by atoms with Crippen molar-refractivity contribution in [2.75, 3.05) is 103 Å². The second kappa shape index (κ2) is 27.7. The molecular formula is C48H75N11O12. The van der Waals surface area contributed by atoms with Gasteiger partial charge in [0.25, 0.3) is 0 Å². The summed E-state index contributed by atoms with van der Waals surface area (Å²) in [7, 11) is 0. The number of likely N-dealkylation sites (tertiary alicyclic amines) is 1. The third kappa shape index (κ3) is 17.5. The Kier molecular flexibility index (Phi) is 21.9. The molecule has 0 bridgehead atoms. The minimum Gasteiger partial charge on any atom is -0.481 e. The maximum absolute atomic E-state index is 13.8. The van der Waals surface area contributed by atoms with Crippen LogP contribution in [0.4, 0.5) is 5.69 Å². The number of benzene rings is 1. The average molecular weight is 998 g/mol. The average Bonchev–Trinajstić information content (AvgIpc) is 3.70. The number of rotatable bonds is 26.